The van der Waals surface area contributed by atoms with Crippen molar-refractivity contribution in [2.24, 2.45) is 0 Å². The number of amides is 1. The van der Waals surface area contributed by atoms with Gasteiger partial charge in [0.15, 0.2) is 5.82 Å². The van der Waals surface area contributed by atoms with Gasteiger partial charge in [0, 0.05) is 74.9 Å². The summed E-state index contributed by atoms with van der Waals surface area (Å²) in [4.78, 5) is 25.5. The zero-order chi connectivity index (χ0) is 28.9. The fraction of sp³-hybridized carbons (Fsp3) is 0.533. The lowest BCUT2D eigenvalue weighted by atomic mass is 9.89. The predicted molar refractivity (Wildman–Crippen MR) is 163 cm³/mol. The number of hydrogen-bond donors (Lipinski definition) is 4. The van der Waals surface area contributed by atoms with Gasteiger partial charge >= 0.3 is 0 Å². The number of hydrogen-bond acceptors (Lipinski definition) is 9. The molecule has 2 saturated heterocycles. The maximum Gasteiger partial charge on any atom is 0.251 e. The van der Waals surface area contributed by atoms with Crippen molar-refractivity contribution in [3.63, 3.8) is 0 Å². The van der Waals surface area contributed by atoms with Crippen LogP contribution in [0.3, 0.4) is 0 Å². The summed E-state index contributed by atoms with van der Waals surface area (Å²) in [6, 6.07) is 8.18. The maximum absolute atomic E-state index is 12.7. The lowest BCUT2D eigenvalue weighted by Gasteiger charge is -2.33. The number of piperidine rings is 1. The normalized spacial score (nSPS) is 20.3. The Hall–Kier alpha value is -3.15. The third-order valence-corrected chi connectivity index (χ3v) is 9.83. The lowest BCUT2D eigenvalue weighted by molar-refractivity contribution is 0.0903. The van der Waals surface area contributed by atoms with E-state index in [1.165, 1.54) is 5.56 Å². The van der Waals surface area contributed by atoms with E-state index in [9.17, 15) is 9.35 Å². The van der Waals surface area contributed by atoms with Crippen molar-refractivity contribution >= 4 is 34.6 Å². The maximum atomic E-state index is 12.7. The fourth-order valence-electron chi connectivity index (χ4n) is 5.75. The van der Waals surface area contributed by atoms with Gasteiger partial charge in [-0.15, -0.1) is 0 Å². The van der Waals surface area contributed by atoms with Crippen molar-refractivity contribution in [2.45, 2.75) is 62.8 Å². The molecule has 1 aromatic heterocycles. The van der Waals surface area contributed by atoms with Crippen molar-refractivity contribution in [1.82, 2.24) is 20.6 Å². The molecule has 3 aliphatic heterocycles. The molecule has 0 spiro atoms. The number of anilines is 2. The van der Waals surface area contributed by atoms with Crippen molar-refractivity contribution in [1.29, 1.82) is 5.41 Å². The Morgan fingerprint density at radius 2 is 1.83 bits per heavy atom. The number of carbonyl (C=O) groups is 1. The molecule has 41 heavy (non-hydrogen) atoms. The zero-order valence-electron chi connectivity index (χ0n) is 24.2. The molecule has 5 rings (SSSR count). The molecule has 1 unspecified atom stereocenters. The molecule has 3 aliphatic rings. The Kier molecular flexibility index (Phi) is 9.46. The van der Waals surface area contributed by atoms with Gasteiger partial charge in [-0.05, 0) is 74.3 Å². The molecule has 0 radical (unpaired) electrons. The summed E-state index contributed by atoms with van der Waals surface area (Å²) >= 11 is -1.05. The van der Waals surface area contributed by atoms with Gasteiger partial charge in [0.1, 0.15) is 11.4 Å². The molecule has 0 bridgehead atoms. The molecular weight excluding hydrogens is 538 g/mol. The van der Waals surface area contributed by atoms with E-state index in [1.54, 1.807) is 6.92 Å². The van der Waals surface area contributed by atoms with Crippen LogP contribution in [-0.4, -0.2) is 77.8 Å². The van der Waals surface area contributed by atoms with Crippen LogP contribution in [0.15, 0.2) is 40.4 Å². The van der Waals surface area contributed by atoms with Crippen LogP contribution in [0, 0.1) is 5.41 Å². The van der Waals surface area contributed by atoms with Gasteiger partial charge in [0.25, 0.3) is 5.91 Å². The molecule has 220 valence electrons. The highest BCUT2D eigenvalue weighted by molar-refractivity contribution is 7.91. The number of fused-ring (bicyclic) bond motifs is 1. The summed E-state index contributed by atoms with van der Waals surface area (Å²) in [7, 11) is 1.81. The summed E-state index contributed by atoms with van der Waals surface area (Å²) in [6.45, 7) is 7.10. The van der Waals surface area contributed by atoms with Crippen LogP contribution >= 0.6 is 0 Å². The number of nitrogens with zero attached hydrogens (tertiary/aromatic N) is 3. The SMILES string of the molecule is CN/C(C)=C(/CNC(=O)c1ccc(C2CCN(c3nc4c(c(NC5CCOCC5)n3)[S+]([O-])CC4)CC2)cc1)C(C)=N. The Morgan fingerprint density at radius 1 is 1.12 bits per heavy atom. The number of carbonyl (C=O) groups excluding carboxylic acids is 1. The van der Waals surface area contributed by atoms with Crippen molar-refractivity contribution in [3.8, 4) is 0 Å². The Balaban J connectivity index is 1.20. The van der Waals surface area contributed by atoms with Gasteiger partial charge in [-0.2, -0.15) is 4.98 Å². The van der Waals surface area contributed by atoms with E-state index in [0.717, 1.165) is 92.0 Å². The van der Waals surface area contributed by atoms with E-state index < -0.39 is 11.2 Å². The van der Waals surface area contributed by atoms with Gasteiger partial charge in [0.2, 0.25) is 10.8 Å². The van der Waals surface area contributed by atoms with E-state index in [-0.39, 0.29) is 11.9 Å². The van der Waals surface area contributed by atoms with Gasteiger partial charge in [-0.1, -0.05) is 12.1 Å². The molecule has 0 aliphatic carbocycles. The summed E-state index contributed by atoms with van der Waals surface area (Å²) < 4.78 is 18.2. The molecule has 11 heteroatoms. The van der Waals surface area contributed by atoms with Gasteiger partial charge < -0.3 is 35.5 Å². The molecular formula is C30H41N7O3S. The minimum Gasteiger partial charge on any atom is -0.611 e. The molecule has 1 amide bonds. The van der Waals surface area contributed by atoms with Crippen LogP contribution in [0.25, 0.3) is 0 Å². The first-order valence-electron chi connectivity index (χ1n) is 14.5. The highest BCUT2D eigenvalue weighted by Gasteiger charge is 2.34. The molecule has 1 aromatic carbocycles. The van der Waals surface area contributed by atoms with Gasteiger partial charge in [-0.3, -0.25) is 4.79 Å². The topological polar surface area (TPSA) is 138 Å². The third kappa shape index (κ3) is 6.85. The fourth-order valence-corrected chi connectivity index (χ4v) is 7.06. The quantitative estimate of drug-likeness (QED) is 0.262. The molecule has 1 atom stereocenters. The predicted octanol–water partition coefficient (Wildman–Crippen LogP) is 3.38. The number of benzene rings is 1. The molecule has 4 N–H and O–H groups in total. The second-order valence-corrected chi connectivity index (χ2v) is 12.5. The number of rotatable bonds is 9. The molecule has 4 heterocycles. The summed E-state index contributed by atoms with van der Waals surface area (Å²) in [6.07, 6.45) is 4.51. The number of aryl methyl sites for hydroxylation is 1. The van der Waals surface area contributed by atoms with Crippen LogP contribution in [-0.2, 0) is 22.3 Å². The standard InChI is InChI=1S/C30H41N7O3S/c1-19(31)25(20(2)32-3)18-33-29(38)23-6-4-21(5-7-23)22-8-13-37(14-9-22)30-35-26-12-17-41(39)27(26)28(36-30)34-24-10-15-40-16-11-24/h4-7,22,24,31-32H,8-18H2,1-3H3,(H,33,38)(H,34,35,36)/b25-20-,31-19?. The highest BCUT2D eigenvalue weighted by atomic mass is 32.2. The summed E-state index contributed by atoms with van der Waals surface area (Å²) in [5.74, 6) is 2.34. The first kappa shape index (κ1) is 29.3. The van der Waals surface area contributed by atoms with E-state index in [1.807, 2.05) is 26.1 Å². The van der Waals surface area contributed by atoms with Crippen molar-refractivity contribution in [2.75, 3.05) is 55.9 Å². The van der Waals surface area contributed by atoms with E-state index in [2.05, 4.69) is 33.0 Å². The molecule has 2 aromatic rings. The van der Waals surface area contributed by atoms with Crippen LogP contribution < -0.4 is 20.9 Å². The zero-order valence-corrected chi connectivity index (χ0v) is 25.0. The second-order valence-electron chi connectivity index (χ2n) is 11.0. The van der Waals surface area contributed by atoms with Crippen molar-refractivity contribution < 1.29 is 14.1 Å². The number of aromatic nitrogens is 2. The second kappa shape index (κ2) is 13.2. The lowest BCUT2D eigenvalue weighted by Crippen LogP contribution is -2.35. The first-order valence-corrected chi connectivity index (χ1v) is 15.9. The monoisotopic (exact) mass is 579 g/mol. The minimum atomic E-state index is -1.05. The first-order chi connectivity index (χ1) is 19.8. The molecule has 10 nitrogen and oxygen atoms in total. The average molecular weight is 580 g/mol. The largest absolute Gasteiger partial charge is 0.611 e. The Morgan fingerprint density at radius 3 is 2.49 bits per heavy atom. The van der Waals surface area contributed by atoms with E-state index in [0.29, 0.717) is 29.5 Å². The Labute approximate surface area is 245 Å². The van der Waals surface area contributed by atoms with Crippen LogP contribution in [0.2, 0.25) is 0 Å². The smallest absolute Gasteiger partial charge is 0.251 e. The van der Waals surface area contributed by atoms with Crippen molar-refractivity contribution in [3.05, 3.63) is 52.4 Å². The number of ether oxygens (including phenoxy) is 1. The molecule has 2 fully saturated rings. The van der Waals surface area contributed by atoms with E-state index in [4.69, 9.17) is 20.1 Å². The minimum absolute atomic E-state index is 0.145. The number of allylic oxidation sites excluding steroid dienone is 1. The third-order valence-electron chi connectivity index (χ3n) is 8.37. The molecule has 0 saturated carbocycles. The van der Waals surface area contributed by atoms with Crippen LogP contribution in [0.4, 0.5) is 11.8 Å². The van der Waals surface area contributed by atoms with Gasteiger partial charge in [0.05, 0.1) is 0 Å². The van der Waals surface area contributed by atoms with Crippen LogP contribution in [0.5, 0.6) is 0 Å². The highest BCUT2D eigenvalue weighted by Crippen LogP contribution is 2.35. The summed E-state index contributed by atoms with van der Waals surface area (Å²) in [5.41, 5.74) is 4.87. The van der Waals surface area contributed by atoms with Gasteiger partial charge in [-0.25, -0.2) is 4.98 Å². The Bertz CT molecular complexity index is 1290. The van der Waals surface area contributed by atoms with E-state index >= 15 is 0 Å². The number of nitrogens with one attached hydrogen (secondary N) is 4. The average Bonchev–Trinajstić information content (AvgIpc) is 3.38. The van der Waals surface area contributed by atoms with Crippen LogP contribution in [0.1, 0.15) is 67.1 Å². The summed E-state index contributed by atoms with van der Waals surface area (Å²) in [5, 5.41) is 17.5.